The van der Waals surface area contributed by atoms with Crippen molar-refractivity contribution in [2.45, 2.75) is 29.6 Å². The molecule has 0 N–H and O–H groups in total. The van der Waals surface area contributed by atoms with Crippen LogP contribution in [-0.4, -0.2) is 6.10 Å². The lowest BCUT2D eigenvalue weighted by Gasteiger charge is -2.35. The molecule has 0 amide bonds. The molecule has 0 heterocycles. The summed E-state index contributed by atoms with van der Waals surface area (Å²) < 4.78 is 5.39. The third kappa shape index (κ3) is 4.66. The second-order valence-corrected chi connectivity index (χ2v) is 9.30. The van der Waals surface area contributed by atoms with Gasteiger partial charge in [0.2, 0.25) is 0 Å². The van der Waals surface area contributed by atoms with E-state index in [4.69, 9.17) is 16.3 Å². The third-order valence-corrected chi connectivity index (χ3v) is 7.09. The summed E-state index contributed by atoms with van der Waals surface area (Å²) in [6.07, 6.45) is 0.103. The number of halogens is 1. The van der Waals surface area contributed by atoms with Crippen LogP contribution in [0.5, 0.6) is 5.75 Å². The zero-order chi connectivity index (χ0) is 21.7. The van der Waals surface area contributed by atoms with E-state index in [-0.39, 0.29) is 6.10 Å². The maximum atomic E-state index is 6.78. The lowest BCUT2D eigenvalue weighted by atomic mass is 9.84. The van der Waals surface area contributed by atoms with Crippen LogP contribution in [0.2, 0.25) is 5.02 Å². The number of hydrogen-bond acceptors (Lipinski definition) is 2. The standard InChI is InChI=1S/C28H25ClOS/c1-21(2)30-25-18-19-27(26(29)20-25)31-28(22-12-6-3-7-13-22,23-14-8-4-9-15-23)24-16-10-5-11-17-24/h3-21H,1-2H3. The first-order valence-electron chi connectivity index (χ1n) is 10.4. The van der Waals surface area contributed by atoms with Crippen LogP contribution < -0.4 is 4.74 Å². The lowest BCUT2D eigenvalue weighted by molar-refractivity contribution is 0.242. The average Bonchev–Trinajstić information content (AvgIpc) is 2.80. The predicted molar refractivity (Wildman–Crippen MR) is 132 cm³/mol. The van der Waals surface area contributed by atoms with Gasteiger partial charge in [0, 0.05) is 4.90 Å². The SMILES string of the molecule is CC(C)Oc1ccc(SC(c2ccccc2)(c2ccccc2)c2ccccc2)c(Cl)c1. The molecule has 31 heavy (non-hydrogen) atoms. The Morgan fingerprint density at radius 1 is 0.677 bits per heavy atom. The van der Waals surface area contributed by atoms with Crippen LogP contribution in [-0.2, 0) is 4.75 Å². The van der Waals surface area contributed by atoms with Crippen LogP contribution >= 0.6 is 23.4 Å². The molecule has 156 valence electrons. The van der Waals surface area contributed by atoms with E-state index in [2.05, 4.69) is 97.1 Å². The highest BCUT2D eigenvalue weighted by Crippen LogP contribution is 2.53. The molecule has 0 aliphatic heterocycles. The molecule has 0 saturated carbocycles. The van der Waals surface area contributed by atoms with E-state index >= 15 is 0 Å². The molecule has 0 radical (unpaired) electrons. The van der Waals surface area contributed by atoms with E-state index in [1.165, 1.54) is 16.7 Å². The number of rotatable bonds is 7. The summed E-state index contributed by atoms with van der Waals surface area (Å²) in [5.74, 6) is 0.786. The fraction of sp³-hybridized carbons (Fsp3) is 0.143. The van der Waals surface area contributed by atoms with Crippen LogP contribution in [0.4, 0.5) is 0 Å². The molecule has 0 fully saturated rings. The monoisotopic (exact) mass is 444 g/mol. The molecule has 0 saturated heterocycles. The van der Waals surface area contributed by atoms with Gasteiger partial charge in [-0.25, -0.2) is 0 Å². The molecule has 3 heteroatoms. The minimum Gasteiger partial charge on any atom is -0.491 e. The van der Waals surface area contributed by atoms with Crippen molar-refractivity contribution in [2.75, 3.05) is 0 Å². The van der Waals surface area contributed by atoms with Gasteiger partial charge in [0.05, 0.1) is 15.9 Å². The maximum absolute atomic E-state index is 6.78. The summed E-state index contributed by atoms with van der Waals surface area (Å²) in [5, 5.41) is 0.690. The molecule has 4 rings (SSSR count). The number of ether oxygens (including phenoxy) is 1. The summed E-state index contributed by atoms with van der Waals surface area (Å²) in [5.41, 5.74) is 3.61. The fourth-order valence-corrected chi connectivity index (χ4v) is 5.44. The summed E-state index contributed by atoms with van der Waals surface area (Å²) >= 11 is 8.54. The van der Waals surface area contributed by atoms with Gasteiger partial charge in [-0.1, -0.05) is 103 Å². The van der Waals surface area contributed by atoms with Gasteiger partial charge in [-0.3, -0.25) is 0 Å². The van der Waals surface area contributed by atoms with Crippen LogP contribution in [0.3, 0.4) is 0 Å². The zero-order valence-electron chi connectivity index (χ0n) is 17.7. The van der Waals surface area contributed by atoms with Crippen LogP contribution in [0.25, 0.3) is 0 Å². The van der Waals surface area contributed by atoms with Gasteiger partial charge in [0.1, 0.15) is 5.75 Å². The van der Waals surface area contributed by atoms with Crippen molar-refractivity contribution >= 4 is 23.4 Å². The minimum atomic E-state index is -0.451. The molecule has 4 aromatic rings. The summed E-state index contributed by atoms with van der Waals surface area (Å²) in [6.45, 7) is 4.03. The predicted octanol–water partition coefficient (Wildman–Crippen LogP) is 8.21. The lowest BCUT2D eigenvalue weighted by Crippen LogP contribution is -2.25. The topological polar surface area (TPSA) is 9.23 Å². The second kappa shape index (κ2) is 9.64. The average molecular weight is 445 g/mol. The molecule has 0 spiro atoms. The van der Waals surface area contributed by atoms with Crippen LogP contribution in [0.15, 0.2) is 114 Å². The Bertz CT molecular complexity index is 1010. The Balaban J connectivity index is 1.91. The van der Waals surface area contributed by atoms with E-state index in [1.807, 2.05) is 26.0 Å². The Hall–Kier alpha value is -2.68. The maximum Gasteiger partial charge on any atom is 0.121 e. The summed E-state index contributed by atoms with van der Waals surface area (Å²) in [6, 6.07) is 37.9. The molecular formula is C28H25ClOS. The molecule has 0 unspecified atom stereocenters. The van der Waals surface area contributed by atoms with Crippen LogP contribution in [0, 0.1) is 0 Å². The van der Waals surface area contributed by atoms with Crippen molar-refractivity contribution in [3.05, 3.63) is 131 Å². The van der Waals surface area contributed by atoms with Crippen molar-refractivity contribution in [3.63, 3.8) is 0 Å². The van der Waals surface area contributed by atoms with Gasteiger partial charge in [-0.05, 0) is 48.7 Å². The van der Waals surface area contributed by atoms with E-state index in [0.717, 1.165) is 10.6 Å². The first-order chi connectivity index (χ1) is 15.1. The van der Waals surface area contributed by atoms with Crippen molar-refractivity contribution in [1.82, 2.24) is 0 Å². The van der Waals surface area contributed by atoms with Crippen molar-refractivity contribution in [2.24, 2.45) is 0 Å². The molecule has 0 aromatic heterocycles. The third-order valence-electron chi connectivity index (χ3n) is 5.08. The van der Waals surface area contributed by atoms with Gasteiger partial charge >= 0.3 is 0 Å². The van der Waals surface area contributed by atoms with E-state index in [9.17, 15) is 0 Å². The molecule has 0 aliphatic carbocycles. The van der Waals surface area contributed by atoms with Gasteiger partial charge in [0.15, 0.2) is 0 Å². The van der Waals surface area contributed by atoms with Gasteiger partial charge < -0.3 is 4.74 Å². The minimum absolute atomic E-state index is 0.103. The Morgan fingerprint density at radius 2 is 1.13 bits per heavy atom. The van der Waals surface area contributed by atoms with Crippen LogP contribution in [0.1, 0.15) is 30.5 Å². The Labute approximate surface area is 194 Å². The second-order valence-electron chi connectivity index (χ2n) is 7.64. The molecule has 4 aromatic carbocycles. The molecular weight excluding hydrogens is 420 g/mol. The number of hydrogen-bond donors (Lipinski definition) is 0. The number of benzene rings is 4. The highest BCUT2D eigenvalue weighted by molar-refractivity contribution is 8.00. The number of thioether (sulfide) groups is 1. The molecule has 0 atom stereocenters. The van der Waals surface area contributed by atoms with Crippen molar-refractivity contribution in [3.8, 4) is 5.75 Å². The van der Waals surface area contributed by atoms with Gasteiger partial charge in [0.25, 0.3) is 0 Å². The first-order valence-corrected chi connectivity index (χ1v) is 11.6. The smallest absolute Gasteiger partial charge is 0.121 e. The molecule has 0 aliphatic rings. The molecule has 1 nitrogen and oxygen atoms in total. The van der Waals surface area contributed by atoms with Gasteiger partial charge in [-0.2, -0.15) is 0 Å². The highest BCUT2D eigenvalue weighted by atomic mass is 35.5. The normalized spacial score (nSPS) is 11.5. The Kier molecular flexibility index (Phi) is 6.70. The molecule has 0 bridgehead atoms. The van der Waals surface area contributed by atoms with Gasteiger partial charge in [-0.15, -0.1) is 11.8 Å². The van der Waals surface area contributed by atoms with Crippen molar-refractivity contribution in [1.29, 1.82) is 0 Å². The quantitative estimate of drug-likeness (QED) is 0.210. The largest absolute Gasteiger partial charge is 0.491 e. The Morgan fingerprint density at radius 3 is 1.52 bits per heavy atom. The van der Waals surface area contributed by atoms with E-state index in [1.54, 1.807) is 11.8 Å². The summed E-state index contributed by atoms with van der Waals surface area (Å²) in [4.78, 5) is 1.01. The van der Waals surface area contributed by atoms with E-state index < -0.39 is 4.75 Å². The summed E-state index contributed by atoms with van der Waals surface area (Å²) in [7, 11) is 0. The zero-order valence-corrected chi connectivity index (χ0v) is 19.2. The first kappa shape index (κ1) is 21.5. The van der Waals surface area contributed by atoms with E-state index in [0.29, 0.717) is 5.02 Å². The highest BCUT2D eigenvalue weighted by Gasteiger charge is 2.38. The van der Waals surface area contributed by atoms with Crippen molar-refractivity contribution < 1.29 is 4.74 Å². The fourth-order valence-electron chi connectivity index (χ4n) is 3.77.